The molecule has 2 nitrogen and oxygen atoms in total. The van der Waals surface area contributed by atoms with E-state index in [0.29, 0.717) is 15.8 Å². The van der Waals surface area contributed by atoms with Crippen molar-refractivity contribution in [2.24, 2.45) is 0 Å². The SMILES string of the molecule is CC[C@H](Br)[C@H]1C[C@@H](Br)[C@H]2C[C@H](O2)[C@H](C/C=C\Br)O1. The van der Waals surface area contributed by atoms with Crippen molar-refractivity contribution in [3.05, 3.63) is 11.1 Å². The van der Waals surface area contributed by atoms with Crippen molar-refractivity contribution in [3.8, 4) is 0 Å². The summed E-state index contributed by atoms with van der Waals surface area (Å²) < 4.78 is 12.2. The summed E-state index contributed by atoms with van der Waals surface area (Å²) in [5, 5.41) is 0. The Balaban J connectivity index is 2.02. The predicted molar refractivity (Wildman–Crippen MR) is 85.0 cm³/mol. The first kappa shape index (κ1) is 15.5. The molecule has 6 atom stereocenters. The van der Waals surface area contributed by atoms with Gasteiger partial charge in [0, 0.05) is 16.1 Å². The van der Waals surface area contributed by atoms with E-state index < -0.39 is 0 Å². The highest BCUT2D eigenvalue weighted by molar-refractivity contribution is 9.11. The van der Waals surface area contributed by atoms with E-state index >= 15 is 0 Å². The number of rotatable bonds is 4. The third-order valence-corrected chi connectivity index (χ3v) is 6.26. The molecule has 3 rings (SSSR count). The standard InChI is InChI=1S/C13H19Br3O2/c1-2-8(15)11-6-9(16)12-7-13(18-12)10(17-11)4-3-5-14/h3,5,8-13H,2,4,6-7H2,1H3/b5-3-/t8-,9+,10-,11+,12+,13-/m0/s1. The molecule has 0 aromatic heterocycles. The van der Waals surface area contributed by atoms with E-state index in [2.05, 4.69) is 60.8 Å². The van der Waals surface area contributed by atoms with Crippen LogP contribution >= 0.6 is 47.8 Å². The van der Waals surface area contributed by atoms with Gasteiger partial charge in [-0.25, -0.2) is 0 Å². The van der Waals surface area contributed by atoms with Crippen LogP contribution in [0.15, 0.2) is 11.1 Å². The summed E-state index contributed by atoms with van der Waals surface area (Å²) in [7, 11) is 0. The first-order valence-corrected chi connectivity index (χ1v) is 9.24. The number of hydrogen-bond acceptors (Lipinski definition) is 2. The zero-order valence-electron chi connectivity index (χ0n) is 10.4. The average molecular weight is 447 g/mol. The second-order valence-corrected chi connectivity index (χ2v) is 7.82. The minimum absolute atomic E-state index is 0.187. The fraction of sp³-hybridized carbons (Fsp3) is 0.846. The first-order chi connectivity index (χ1) is 8.65. The fourth-order valence-electron chi connectivity index (χ4n) is 2.54. The molecule has 0 aliphatic carbocycles. The van der Waals surface area contributed by atoms with E-state index in [1.165, 1.54) is 0 Å². The zero-order valence-corrected chi connectivity index (χ0v) is 15.2. The molecule has 0 saturated carbocycles. The molecule has 3 fully saturated rings. The van der Waals surface area contributed by atoms with Gasteiger partial charge >= 0.3 is 0 Å². The second kappa shape index (κ2) is 7.21. The van der Waals surface area contributed by atoms with Gasteiger partial charge in [-0.05, 0) is 24.2 Å². The zero-order chi connectivity index (χ0) is 13.1. The highest BCUT2D eigenvalue weighted by atomic mass is 79.9. The predicted octanol–water partition coefficient (Wildman–Crippen LogP) is 4.54. The highest BCUT2D eigenvalue weighted by Gasteiger charge is 2.44. The maximum atomic E-state index is 6.29. The van der Waals surface area contributed by atoms with E-state index in [9.17, 15) is 0 Å². The van der Waals surface area contributed by atoms with Crippen molar-refractivity contribution in [3.63, 3.8) is 0 Å². The van der Waals surface area contributed by atoms with Crippen LogP contribution in [0.25, 0.3) is 0 Å². The summed E-state index contributed by atoms with van der Waals surface area (Å²) in [4.78, 5) is 2.74. The van der Waals surface area contributed by atoms with Crippen LogP contribution in [0.3, 0.4) is 0 Å². The molecule has 104 valence electrons. The number of fused-ring (bicyclic) bond motifs is 4. The van der Waals surface area contributed by atoms with Crippen molar-refractivity contribution in [1.82, 2.24) is 0 Å². The minimum Gasteiger partial charge on any atom is -0.371 e. The molecule has 18 heavy (non-hydrogen) atoms. The lowest BCUT2D eigenvalue weighted by molar-refractivity contribution is -0.213. The van der Waals surface area contributed by atoms with E-state index in [-0.39, 0.29) is 18.3 Å². The van der Waals surface area contributed by atoms with Gasteiger partial charge in [0.05, 0.1) is 24.4 Å². The Hall–Kier alpha value is 1.10. The summed E-state index contributed by atoms with van der Waals surface area (Å²) in [6.45, 7) is 2.19. The van der Waals surface area contributed by atoms with Gasteiger partial charge in [-0.2, -0.15) is 0 Å². The van der Waals surface area contributed by atoms with Gasteiger partial charge in [0.2, 0.25) is 0 Å². The van der Waals surface area contributed by atoms with Crippen LogP contribution in [0.2, 0.25) is 0 Å². The van der Waals surface area contributed by atoms with Gasteiger partial charge < -0.3 is 9.47 Å². The van der Waals surface area contributed by atoms with Crippen molar-refractivity contribution >= 4 is 47.8 Å². The molecule has 0 unspecified atom stereocenters. The molecule has 0 radical (unpaired) electrons. The lowest BCUT2D eigenvalue weighted by Gasteiger charge is -2.47. The molecule has 3 aliphatic heterocycles. The average Bonchev–Trinajstić information content (AvgIpc) is 2.28. The number of halogens is 3. The Morgan fingerprint density at radius 2 is 2.00 bits per heavy atom. The van der Waals surface area contributed by atoms with Gasteiger partial charge in [0.1, 0.15) is 0 Å². The fourth-order valence-corrected chi connectivity index (χ4v) is 3.81. The van der Waals surface area contributed by atoms with Gasteiger partial charge in [0.25, 0.3) is 0 Å². The van der Waals surface area contributed by atoms with Crippen LogP contribution in [0.1, 0.15) is 32.6 Å². The summed E-state index contributed by atoms with van der Waals surface area (Å²) in [5.41, 5.74) is 0. The molecular weight excluding hydrogens is 428 g/mol. The van der Waals surface area contributed by atoms with E-state index in [1.54, 1.807) is 0 Å². The third kappa shape index (κ3) is 3.60. The molecule has 3 aliphatic rings. The summed E-state index contributed by atoms with van der Waals surface area (Å²) in [5.74, 6) is 0. The monoisotopic (exact) mass is 444 g/mol. The highest BCUT2D eigenvalue weighted by Crippen LogP contribution is 2.39. The quantitative estimate of drug-likeness (QED) is 0.590. The third-order valence-electron chi connectivity index (χ3n) is 3.69. The largest absolute Gasteiger partial charge is 0.371 e. The normalized spacial score (nSPS) is 42.1. The van der Waals surface area contributed by atoms with Crippen LogP contribution in [0.4, 0.5) is 0 Å². The number of ether oxygens (including phenoxy) is 2. The Morgan fingerprint density at radius 1 is 1.28 bits per heavy atom. The molecule has 2 bridgehead atoms. The van der Waals surface area contributed by atoms with E-state index in [1.807, 2.05) is 4.99 Å². The topological polar surface area (TPSA) is 18.5 Å². The molecule has 0 spiro atoms. The molecule has 0 amide bonds. The van der Waals surface area contributed by atoms with Crippen LogP contribution in [-0.4, -0.2) is 34.1 Å². The van der Waals surface area contributed by atoms with Gasteiger partial charge in [-0.15, -0.1) is 0 Å². The minimum atomic E-state index is 0.187. The molecule has 3 heterocycles. The first-order valence-electron chi connectivity index (χ1n) is 6.50. The second-order valence-electron chi connectivity index (χ2n) is 4.94. The smallest absolute Gasteiger partial charge is 0.0876 e. The van der Waals surface area contributed by atoms with Crippen LogP contribution in [0.5, 0.6) is 0 Å². The summed E-state index contributed by atoms with van der Waals surface area (Å²) in [6, 6.07) is 0. The summed E-state index contributed by atoms with van der Waals surface area (Å²) in [6.07, 6.45) is 7.30. The van der Waals surface area contributed by atoms with Crippen molar-refractivity contribution in [2.75, 3.05) is 0 Å². The van der Waals surface area contributed by atoms with Crippen molar-refractivity contribution in [1.29, 1.82) is 0 Å². The van der Waals surface area contributed by atoms with Crippen molar-refractivity contribution in [2.45, 2.75) is 66.7 Å². The number of hydrogen-bond donors (Lipinski definition) is 0. The van der Waals surface area contributed by atoms with Crippen molar-refractivity contribution < 1.29 is 9.47 Å². The lowest BCUT2D eigenvalue weighted by atomic mass is 9.90. The van der Waals surface area contributed by atoms with Gasteiger partial charge in [0.15, 0.2) is 0 Å². The molecule has 5 heteroatoms. The van der Waals surface area contributed by atoms with Crippen LogP contribution < -0.4 is 0 Å². The molecule has 0 N–H and O–H groups in total. The van der Waals surface area contributed by atoms with E-state index in [4.69, 9.17) is 9.47 Å². The Morgan fingerprint density at radius 3 is 2.61 bits per heavy atom. The molecule has 0 aromatic rings. The van der Waals surface area contributed by atoms with Gasteiger partial charge in [-0.3, -0.25) is 0 Å². The van der Waals surface area contributed by atoms with Crippen LogP contribution in [-0.2, 0) is 9.47 Å². The van der Waals surface area contributed by atoms with Crippen LogP contribution in [0, 0.1) is 0 Å². The Labute approximate surface area is 134 Å². The van der Waals surface area contributed by atoms with Gasteiger partial charge in [-0.1, -0.05) is 60.8 Å². The molecule has 0 aromatic carbocycles. The maximum Gasteiger partial charge on any atom is 0.0876 e. The Bertz CT molecular complexity index is 292. The maximum absolute atomic E-state index is 6.29. The summed E-state index contributed by atoms with van der Waals surface area (Å²) >= 11 is 10.8. The Kier molecular flexibility index (Phi) is 6.20. The lowest BCUT2D eigenvalue weighted by Crippen LogP contribution is -2.55. The van der Waals surface area contributed by atoms with E-state index in [0.717, 1.165) is 25.7 Å². The molecular formula is C13H19Br3O2. The number of alkyl halides is 2. The molecule has 3 saturated heterocycles.